The Hall–Kier alpha value is -1.20. The van der Waals surface area contributed by atoms with Crippen molar-refractivity contribution in [2.45, 2.75) is 147 Å². The lowest BCUT2D eigenvalue weighted by Crippen LogP contribution is -2.35. The minimum atomic E-state index is -1.79. The minimum Gasteiger partial charge on any atom is -0.507 e. The molecule has 0 aliphatic heterocycles. The highest BCUT2D eigenvalue weighted by molar-refractivity contribution is 8.00. The summed E-state index contributed by atoms with van der Waals surface area (Å²) in [7, 11) is 0. The van der Waals surface area contributed by atoms with Gasteiger partial charge >= 0.3 is 5.97 Å². The lowest BCUT2D eigenvalue weighted by atomic mass is 9.78. The quantitative estimate of drug-likeness (QED) is 0.154. The van der Waals surface area contributed by atoms with Crippen molar-refractivity contribution in [2.24, 2.45) is 0 Å². The summed E-state index contributed by atoms with van der Waals surface area (Å²) in [6.07, 6.45) is 13.4. The van der Waals surface area contributed by atoms with Gasteiger partial charge in [0.2, 0.25) is 4.93 Å². The van der Waals surface area contributed by atoms with Crippen LogP contribution >= 0.6 is 11.8 Å². The molecule has 35 heavy (non-hydrogen) atoms. The zero-order chi connectivity index (χ0) is 26.7. The fourth-order valence-corrected chi connectivity index (χ4v) is 5.38. The van der Waals surface area contributed by atoms with E-state index in [1.165, 1.54) is 51.4 Å². The number of phenols is 1. The van der Waals surface area contributed by atoms with E-state index in [1.54, 1.807) is 0 Å². The predicted molar refractivity (Wildman–Crippen MR) is 150 cm³/mol. The summed E-state index contributed by atoms with van der Waals surface area (Å²) in [6.45, 7) is 14.6. The van der Waals surface area contributed by atoms with Gasteiger partial charge in [-0.25, -0.2) is 4.79 Å². The average molecular weight is 509 g/mol. The monoisotopic (exact) mass is 508 g/mol. The number of carboxylic acids is 1. The third-order valence-corrected chi connectivity index (χ3v) is 8.05. The number of unbranched alkanes of at least 4 members (excludes halogenated alkanes) is 10. The molecule has 0 heterocycles. The summed E-state index contributed by atoms with van der Waals surface area (Å²) < 4.78 is 0. The number of aliphatic carboxylic acids is 1. The van der Waals surface area contributed by atoms with Crippen LogP contribution in [0.25, 0.3) is 0 Å². The standard InChI is InChI=1S/C30H52O4S/c1-8-9-10-11-12-13-14-15-16-17-18-19-30(34,27(32)33)35-22-23-20-24(28(2,3)4)26(31)25(21-23)29(5,6)7/h20-21,31,34H,8-19,22H2,1-7H3,(H,32,33). The van der Waals surface area contributed by atoms with Gasteiger partial charge in [-0.1, -0.05) is 125 Å². The molecule has 1 rings (SSSR count). The van der Waals surface area contributed by atoms with Crippen LogP contribution in [0.15, 0.2) is 12.1 Å². The molecular weight excluding hydrogens is 456 g/mol. The van der Waals surface area contributed by atoms with Crippen molar-refractivity contribution in [2.75, 3.05) is 0 Å². The molecule has 0 fully saturated rings. The largest absolute Gasteiger partial charge is 0.507 e. The lowest BCUT2D eigenvalue weighted by Gasteiger charge is -2.29. The molecule has 3 N–H and O–H groups in total. The average Bonchev–Trinajstić information content (AvgIpc) is 2.75. The van der Waals surface area contributed by atoms with Gasteiger partial charge in [0.15, 0.2) is 0 Å². The summed E-state index contributed by atoms with van der Waals surface area (Å²) in [4.78, 5) is 10.2. The van der Waals surface area contributed by atoms with Crippen molar-refractivity contribution < 1.29 is 20.1 Å². The molecule has 0 aliphatic rings. The minimum absolute atomic E-state index is 0.247. The van der Waals surface area contributed by atoms with Crippen molar-refractivity contribution in [1.29, 1.82) is 0 Å². The fourth-order valence-electron chi connectivity index (χ4n) is 4.39. The number of aliphatic hydroxyl groups is 1. The molecule has 0 bridgehead atoms. The van der Waals surface area contributed by atoms with E-state index in [4.69, 9.17) is 0 Å². The molecule has 5 heteroatoms. The lowest BCUT2D eigenvalue weighted by molar-refractivity contribution is -0.149. The van der Waals surface area contributed by atoms with Gasteiger partial charge in [0, 0.05) is 5.75 Å². The van der Waals surface area contributed by atoms with Gasteiger partial charge in [-0.2, -0.15) is 0 Å². The van der Waals surface area contributed by atoms with E-state index in [9.17, 15) is 20.1 Å². The van der Waals surface area contributed by atoms with Crippen molar-refractivity contribution in [3.63, 3.8) is 0 Å². The second-order valence-electron chi connectivity index (χ2n) is 12.2. The van der Waals surface area contributed by atoms with Crippen LogP contribution in [-0.2, 0) is 21.4 Å². The first-order valence-corrected chi connectivity index (χ1v) is 14.7. The molecule has 0 spiro atoms. The van der Waals surface area contributed by atoms with Crippen molar-refractivity contribution >= 4 is 17.7 Å². The third kappa shape index (κ3) is 11.2. The second-order valence-corrected chi connectivity index (χ2v) is 13.5. The van der Waals surface area contributed by atoms with E-state index in [-0.39, 0.29) is 17.3 Å². The number of aromatic hydroxyl groups is 1. The highest BCUT2D eigenvalue weighted by Gasteiger charge is 2.36. The molecule has 1 unspecified atom stereocenters. The van der Waals surface area contributed by atoms with E-state index < -0.39 is 10.9 Å². The SMILES string of the molecule is CCCCCCCCCCCCCC(O)(SCc1cc(C(C)(C)C)c(O)c(C(C)(C)C)c1)C(=O)O. The first-order chi connectivity index (χ1) is 16.2. The van der Waals surface area contributed by atoms with Crippen LogP contribution in [0.5, 0.6) is 5.75 Å². The van der Waals surface area contributed by atoms with Gasteiger partial charge < -0.3 is 15.3 Å². The van der Waals surface area contributed by atoms with E-state index in [0.717, 1.165) is 41.3 Å². The van der Waals surface area contributed by atoms with Gasteiger partial charge in [0.1, 0.15) is 5.75 Å². The summed E-state index contributed by atoms with van der Waals surface area (Å²) in [6, 6.07) is 3.92. The van der Waals surface area contributed by atoms with Crippen molar-refractivity contribution in [1.82, 2.24) is 0 Å². The first kappa shape index (κ1) is 31.8. The number of hydrogen-bond donors (Lipinski definition) is 3. The van der Waals surface area contributed by atoms with E-state index in [0.29, 0.717) is 17.9 Å². The molecule has 0 radical (unpaired) electrons. The number of carbonyl (C=O) groups is 1. The van der Waals surface area contributed by atoms with Crippen LogP contribution in [0.2, 0.25) is 0 Å². The summed E-state index contributed by atoms with van der Waals surface area (Å²) >= 11 is 1.09. The molecule has 0 saturated carbocycles. The fraction of sp³-hybridized carbons (Fsp3) is 0.767. The first-order valence-electron chi connectivity index (χ1n) is 13.7. The Morgan fingerprint density at radius 3 is 1.54 bits per heavy atom. The smallest absolute Gasteiger partial charge is 0.346 e. The number of rotatable bonds is 16. The van der Waals surface area contributed by atoms with Crippen molar-refractivity contribution in [3.05, 3.63) is 28.8 Å². The highest BCUT2D eigenvalue weighted by atomic mass is 32.2. The normalized spacial score (nSPS) is 14.2. The zero-order valence-corrected chi connectivity index (χ0v) is 24.3. The number of phenolic OH excluding ortho intramolecular Hbond substituents is 1. The van der Waals surface area contributed by atoms with Gasteiger partial charge in [0.05, 0.1) is 0 Å². The molecule has 1 aromatic carbocycles. The van der Waals surface area contributed by atoms with E-state index in [2.05, 4.69) is 48.5 Å². The Bertz CT molecular complexity index is 741. The zero-order valence-electron chi connectivity index (χ0n) is 23.5. The maximum absolute atomic E-state index is 12.0. The van der Waals surface area contributed by atoms with Crippen LogP contribution in [0, 0.1) is 0 Å². The van der Waals surface area contributed by atoms with Crippen LogP contribution in [0.3, 0.4) is 0 Å². The Morgan fingerprint density at radius 1 is 0.771 bits per heavy atom. The number of hydrogen-bond acceptors (Lipinski definition) is 4. The molecule has 4 nitrogen and oxygen atoms in total. The topological polar surface area (TPSA) is 77.8 Å². The highest BCUT2D eigenvalue weighted by Crippen LogP contribution is 2.41. The predicted octanol–water partition coefficient (Wildman–Crippen LogP) is 8.69. The molecule has 0 aromatic heterocycles. The van der Waals surface area contributed by atoms with Crippen LogP contribution in [0.1, 0.15) is 142 Å². The Kier molecular flexibility index (Phi) is 13.2. The van der Waals surface area contributed by atoms with Crippen molar-refractivity contribution in [3.8, 4) is 5.75 Å². The second kappa shape index (κ2) is 14.5. The van der Waals surface area contributed by atoms with E-state index in [1.807, 2.05) is 12.1 Å². The summed E-state index contributed by atoms with van der Waals surface area (Å²) in [5.74, 6) is -0.471. The third-order valence-electron chi connectivity index (χ3n) is 6.72. The molecular formula is C30H52O4S. The van der Waals surface area contributed by atoms with Gasteiger partial charge in [-0.15, -0.1) is 11.8 Å². The molecule has 1 atom stereocenters. The van der Waals surface area contributed by atoms with Crippen LogP contribution in [-0.4, -0.2) is 26.2 Å². The van der Waals surface area contributed by atoms with Gasteiger partial charge in [-0.05, 0) is 40.4 Å². The molecule has 202 valence electrons. The molecule has 0 saturated heterocycles. The summed E-state index contributed by atoms with van der Waals surface area (Å²) in [5, 5.41) is 31.6. The molecule has 0 amide bonds. The maximum Gasteiger partial charge on any atom is 0.346 e. The Labute approximate surface area is 219 Å². The van der Waals surface area contributed by atoms with Gasteiger partial charge in [-0.3, -0.25) is 0 Å². The van der Waals surface area contributed by atoms with Crippen LogP contribution in [0.4, 0.5) is 0 Å². The number of benzene rings is 1. The maximum atomic E-state index is 12.0. The van der Waals surface area contributed by atoms with E-state index >= 15 is 0 Å². The molecule has 1 aromatic rings. The summed E-state index contributed by atoms with van der Waals surface area (Å²) in [5.41, 5.74) is 2.14. The number of carboxylic acid groups (broad SMARTS) is 1. The van der Waals surface area contributed by atoms with Gasteiger partial charge in [0.25, 0.3) is 0 Å². The Balaban J connectivity index is 2.66. The van der Waals surface area contributed by atoms with Crippen LogP contribution < -0.4 is 0 Å². The Morgan fingerprint density at radius 2 is 1.17 bits per heavy atom. The molecule has 0 aliphatic carbocycles. The number of thioether (sulfide) groups is 1.